The van der Waals surface area contributed by atoms with E-state index in [1.54, 1.807) is 0 Å². The number of likely N-dealkylation sites (tertiary alicyclic amines) is 1. The second-order valence-electron chi connectivity index (χ2n) is 6.37. The van der Waals surface area contributed by atoms with Gasteiger partial charge in [0, 0.05) is 19.0 Å². The molecule has 1 unspecified atom stereocenters. The number of piperidine rings is 1. The number of halogens is 2. The molecule has 1 amide bonds. The number of rotatable bonds is 7. The fourth-order valence-corrected chi connectivity index (χ4v) is 3.08. The second kappa shape index (κ2) is 9.08. The maximum absolute atomic E-state index is 13.7. The van der Waals surface area contributed by atoms with Crippen molar-refractivity contribution in [2.75, 3.05) is 26.2 Å². The van der Waals surface area contributed by atoms with Crippen LogP contribution in [0.15, 0.2) is 18.2 Å². The molecule has 0 aromatic heterocycles. The number of nitrogens with one attached hydrogen (secondary N) is 1. The Bertz CT molecular complexity index is 526. The number of nitrogens with zero attached hydrogens (tertiary/aromatic N) is 1. The molecule has 0 spiro atoms. The second-order valence-corrected chi connectivity index (χ2v) is 6.37. The Balaban J connectivity index is 1.81. The van der Waals surface area contributed by atoms with Gasteiger partial charge in [-0.2, -0.15) is 0 Å². The van der Waals surface area contributed by atoms with Gasteiger partial charge in [-0.3, -0.25) is 4.79 Å². The highest BCUT2D eigenvalue weighted by Crippen LogP contribution is 2.24. The Morgan fingerprint density at radius 1 is 1.33 bits per heavy atom. The predicted molar refractivity (Wildman–Crippen MR) is 88.4 cm³/mol. The topological polar surface area (TPSA) is 52.6 Å². The number of amides is 1. The normalized spacial score (nSPS) is 17.7. The van der Waals surface area contributed by atoms with Crippen LogP contribution in [-0.4, -0.2) is 42.1 Å². The number of β-amino-alcohol motifs (C(OH)–C–C–N with tert-alkyl or cyclic N) is 1. The molecule has 1 aliphatic heterocycles. The maximum Gasteiger partial charge on any atom is 0.223 e. The van der Waals surface area contributed by atoms with Crippen molar-refractivity contribution in [3.05, 3.63) is 35.4 Å². The van der Waals surface area contributed by atoms with E-state index >= 15 is 0 Å². The Kier molecular flexibility index (Phi) is 7.12. The molecular formula is C18H26F2N2O2. The third-order valence-corrected chi connectivity index (χ3v) is 4.55. The molecule has 1 aromatic carbocycles. The SMILES string of the molecule is CCCCNC(=O)C1CCN(CC(O)c2c(F)cccc2F)CC1. The molecule has 1 aromatic rings. The van der Waals surface area contributed by atoms with E-state index in [9.17, 15) is 18.7 Å². The minimum atomic E-state index is -1.21. The van der Waals surface area contributed by atoms with E-state index in [1.165, 1.54) is 6.07 Å². The molecule has 0 aliphatic carbocycles. The van der Waals surface area contributed by atoms with Crippen molar-refractivity contribution in [2.45, 2.75) is 38.7 Å². The first-order chi connectivity index (χ1) is 11.5. The van der Waals surface area contributed by atoms with Crippen LogP contribution in [0.25, 0.3) is 0 Å². The van der Waals surface area contributed by atoms with E-state index in [1.807, 2.05) is 4.90 Å². The van der Waals surface area contributed by atoms with Crippen molar-refractivity contribution in [1.82, 2.24) is 10.2 Å². The molecule has 4 nitrogen and oxygen atoms in total. The minimum absolute atomic E-state index is 0.0135. The van der Waals surface area contributed by atoms with Crippen molar-refractivity contribution < 1.29 is 18.7 Å². The van der Waals surface area contributed by atoms with Crippen molar-refractivity contribution in [3.63, 3.8) is 0 Å². The lowest BCUT2D eigenvalue weighted by molar-refractivity contribution is -0.126. The van der Waals surface area contributed by atoms with E-state index in [0.29, 0.717) is 32.5 Å². The van der Waals surface area contributed by atoms with Crippen molar-refractivity contribution >= 4 is 5.91 Å². The molecule has 1 atom stereocenters. The highest BCUT2D eigenvalue weighted by atomic mass is 19.1. The van der Waals surface area contributed by atoms with Crippen LogP contribution in [0.1, 0.15) is 44.3 Å². The predicted octanol–water partition coefficient (Wildman–Crippen LogP) is 2.63. The number of hydrogen-bond donors (Lipinski definition) is 2. The van der Waals surface area contributed by atoms with Crippen LogP contribution in [0.5, 0.6) is 0 Å². The summed E-state index contributed by atoms with van der Waals surface area (Å²) in [5.41, 5.74) is -0.281. The lowest BCUT2D eigenvalue weighted by Crippen LogP contribution is -2.42. The average molecular weight is 340 g/mol. The van der Waals surface area contributed by atoms with Gasteiger partial charge in [-0.05, 0) is 44.5 Å². The first-order valence-electron chi connectivity index (χ1n) is 8.65. The summed E-state index contributed by atoms with van der Waals surface area (Å²) in [7, 11) is 0. The molecule has 0 radical (unpaired) electrons. The van der Waals surface area contributed by atoms with Gasteiger partial charge < -0.3 is 15.3 Å². The molecule has 1 aliphatic rings. The summed E-state index contributed by atoms with van der Waals surface area (Å²) < 4.78 is 27.4. The van der Waals surface area contributed by atoms with E-state index in [-0.39, 0.29) is 23.9 Å². The summed E-state index contributed by atoms with van der Waals surface area (Å²) >= 11 is 0. The zero-order valence-electron chi connectivity index (χ0n) is 14.1. The lowest BCUT2D eigenvalue weighted by atomic mass is 9.95. The molecule has 24 heavy (non-hydrogen) atoms. The van der Waals surface area contributed by atoms with E-state index in [2.05, 4.69) is 12.2 Å². The number of carbonyl (C=O) groups is 1. The molecule has 2 N–H and O–H groups in total. The number of hydrogen-bond acceptors (Lipinski definition) is 3. The Hall–Kier alpha value is -1.53. The van der Waals surface area contributed by atoms with Gasteiger partial charge in [0.2, 0.25) is 5.91 Å². The summed E-state index contributed by atoms with van der Waals surface area (Å²) in [5, 5.41) is 13.1. The van der Waals surface area contributed by atoms with E-state index in [4.69, 9.17) is 0 Å². The van der Waals surface area contributed by atoms with Crippen molar-refractivity contribution in [3.8, 4) is 0 Å². The van der Waals surface area contributed by atoms with Gasteiger partial charge in [-0.1, -0.05) is 19.4 Å². The number of aliphatic hydroxyl groups is 1. The third kappa shape index (κ3) is 4.98. The van der Waals surface area contributed by atoms with Crippen LogP contribution >= 0.6 is 0 Å². The molecule has 1 saturated heterocycles. The number of benzene rings is 1. The van der Waals surface area contributed by atoms with Gasteiger partial charge >= 0.3 is 0 Å². The zero-order chi connectivity index (χ0) is 17.5. The number of unbranched alkanes of at least 4 members (excludes halogenated alkanes) is 1. The molecule has 134 valence electrons. The third-order valence-electron chi connectivity index (χ3n) is 4.55. The lowest BCUT2D eigenvalue weighted by Gasteiger charge is -2.32. The fourth-order valence-electron chi connectivity index (χ4n) is 3.08. The van der Waals surface area contributed by atoms with Gasteiger partial charge in [-0.25, -0.2) is 8.78 Å². The summed E-state index contributed by atoms with van der Waals surface area (Å²) in [6.07, 6.45) is 2.21. The molecule has 1 fully saturated rings. The van der Waals surface area contributed by atoms with Gasteiger partial charge in [0.05, 0.1) is 11.7 Å². The smallest absolute Gasteiger partial charge is 0.223 e. The maximum atomic E-state index is 13.7. The van der Waals surface area contributed by atoms with Gasteiger partial charge in [-0.15, -0.1) is 0 Å². The highest BCUT2D eigenvalue weighted by molar-refractivity contribution is 5.78. The van der Waals surface area contributed by atoms with Crippen LogP contribution in [0.3, 0.4) is 0 Å². The Morgan fingerprint density at radius 3 is 2.54 bits per heavy atom. The number of aliphatic hydroxyl groups excluding tert-OH is 1. The van der Waals surface area contributed by atoms with E-state index in [0.717, 1.165) is 25.0 Å². The molecular weight excluding hydrogens is 314 g/mol. The largest absolute Gasteiger partial charge is 0.387 e. The molecule has 0 bridgehead atoms. The Labute approximate surface area is 141 Å². The highest BCUT2D eigenvalue weighted by Gasteiger charge is 2.27. The van der Waals surface area contributed by atoms with Crippen LogP contribution in [0.2, 0.25) is 0 Å². The van der Waals surface area contributed by atoms with Crippen LogP contribution in [-0.2, 0) is 4.79 Å². The van der Waals surface area contributed by atoms with Crippen LogP contribution in [0.4, 0.5) is 8.78 Å². The van der Waals surface area contributed by atoms with Crippen LogP contribution < -0.4 is 5.32 Å². The minimum Gasteiger partial charge on any atom is -0.387 e. The van der Waals surface area contributed by atoms with Gasteiger partial charge in [0.25, 0.3) is 0 Å². The zero-order valence-corrected chi connectivity index (χ0v) is 14.1. The summed E-state index contributed by atoms with van der Waals surface area (Å²) in [4.78, 5) is 14.0. The molecule has 6 heteroatoms. The Morgan fingerprint density at radius 2 is 1.96 bits per heavy atom. The number of carbonyl (C=O) groups excluding carboxylic acids is 1. The first-order valence-corrected chi connectivity index (χ1v) is 8.65. The van der Waals surface area contributed by atoms with Crippen LogP contribution in [0, 0.1) is 17.6 Å². The quantitative estimate of drug-likeness (QED) is 0.750. The van der Waals surface area contributed by atoms with Gasteiger partial charge in [0.1, 0.15) is 11.6 Å². The summed E-state index contributed by atoms with van der Waals surface area (Å²) in [6, 6.07) is 3.58. The van der Waals surface area contributed by atoms with E-state index < -0.39 is 17.7 Å². The average Bonchev–Trinajstić information content (AvgIpc) is 2.55. The molecule has 2 rings (SSSR count). The summed E-state index contributed by atoms with van der Waals surface area (Å²) in [6.45, 7) is 4.23. The summed E-state index contributed by atoms with van der Waals surface area (Å²) in [5.74, 6) is -1.38. The molecule has 0 saturated carbocycles. The monoisotopic (exact) mass is 340 g/mol. The van der Waals surface area contributed by atoms with Gasteiger partial charge in [0.15, 0.2) is 0 Å². The fraction of sp³-hybridized carbons (Fsp3) is 0.611. The first kappa shape index (κ1) is 18.8. The van der Waals surface area contributed by atoms with Crippen molar-refractivity contribution in [2.24, 2.45) is 5.92 Å². The van der Waals surface area contributed by atoms with Crippen molar-refractivity contribution in [1.29, 1.82) is 0 Å². The standard InChI is InChI=1S/C18H26F2N2O2/c1-2-3-9-21-18(24)13-7-10-22(11-8-13)12-16(23)17-14(19)5-4-6-15(17)20/h4-6,13,16,23H,2-3,7-12H2,1H3,(H,21,24). The molecule has 1 heterocycles.